The molecule has 8 heteroatoms. The average molecular weight is 322 g/mol. The summed E-state index contributed by atoms with van der Waals surface area (Å²) in [6, 6.07) is 0. The minimum absolute atomic E-state index is 0.258. The van der Waals surface area contributed by atoms with E-state index in [1.807, 2.05) is 13.8 Å². The van der Waals surface area contributed by atoms with Crippen LogP contribution in [0.15, 0.2) is 12.2 Å². The molecule has 0 amide bonds. The topological polar surface area (TPSA) is 121 Å². The fourth-order valence-corrected chi connectivity index (χ4v) is 3.49. The van der Waals surface area contributed by atoms with E-state index in [9.17, 15) is 23.9 Å². The van der Waals surface area contributed by atoms with Crippen LogP contribution in [-0.4, -0.2) is 38.6 Å². The predicted octanol–water partition coefficient (Wildman–Crippen LogP) is 1.93. The predicted molar refractivity (Wildman–Crippen MR) is 76.9 cm³/mol. The van der Waals surface area contributed by atoms with Crippen molar-refractivity contribution in [2.24, 2.45) is 5.92 Å². The van der Waals surface area contributed by atoms with E-state index in [2.05, 4.69) is 6.58 Å². The highest BCUT2D eigenvalue weighted by atomic mass is 31.2. The lowest BCUT2D eigenvalue weighted by Crippen LogP contribution is -2.43. The van der Waals surface area contributed by atoms with Gasteiger partial charge < -0.3 is 19.6 Å². The van der Waals surface area contributed by atoms with E-state index in [0.29, 0.717) is 12.8 Å². The van der Waals surface area contributed by atoms with Crippen LogP contribution >= 0.6 is 7.60 Å². The molecule has 0 spiro atoms. The summed E-state index contributed by atoms with van der Waals surface area (Å²) in [7, 11) is -4.40. The van der Waals surface area contributed by atoms with E-state index in [1.165, 1.54) is 6.92 Å². The fourth-order valence-electron chi connectivity index (χ4n) is 2.34. The fraction of sp³-hybridized carbons (Fsp3) is 0.692. The van der Waals surface area contributed by atoms with Gasteiger partial charge in [-0.2, -0.15) is 0 Å². The maximum Gasteiger partial charge on any atom is 0.334 e. The molecule has 1 unspecified atom stereocenters. The van der Waals surface area contributed by atoms with E-state index >= 15 is 0 Å². The number of aliphatic carboxylic acids is 1. The van der Waals surface area contributed by atoms with Crippen LogP contribution in [0, 0.1) is 5.92 Å². The maximum absolute atomic E-state index is 11.9. The zero-order valence-electron chi connectivity index (χ0n) is 12.5. The molecule has 0 rings (SSSR count). The van der Waals surface area contributed by atoms with Crippen LogP contribution < -0.4 is 0 Å². The van der Waals surface area contributed by atoms with E-state index < -0.39 is 37.7 Å². The minimum Gasteiger partial charge on any atom is -0.481 e. The van der Waals surface area contributed by atoms with Crippen LogP contribution in [0.2, 0.25) is 0 Å². The van der Waals surface area contributed by atoms with Crippen molar-refractivity contribution in [3.63, 3.8) is 0 Å². The number of ether oxygens (including phenoxy) is 1. The van der Waals surface area contributed by atoms with Gasteiger partial charge >= 0.3 is 19.5 Å². The summed E-state index contributed by atoms with van der Waals surface area (Å²) in [6.07, 6.45) is -0.0659. The highest BCUT2D eigenvalue weighted by molar-refractivity contribution is 7.51. The average Bonchev–Trinajstić information content (AvgIpc) is 2.26. The summed E-state index contributed by atoms with van der Waals surface area (Å²) in [6.45, 7) is 8.44. The number of carbonyl (C=O) groups excluding carboxylic acids is 1. The summed E-state index contributed by atoms with van der Waals surface area (Å²) < 4.78 is 16.5. The molecule has 0 aromatic rings. The summed E-state index contributed by atoms with van der Waals surface area (Å²) >= 11 is 0. The molecular formula is C13H23O7P. The molecule has 3 N–H and O–H groups in total. The summed E-state index contributed by atoms with van der Waals surface area (Å²) in [4.78, 5) is 40.8. The molecule has 0 aliphatic rings. The Labute approximate surface area is 124 Å². The molecule has 0 radical (unpaired) electrons. The molecular weight excluding hydrogens is 299 g/mol. The highest BCUT2D eigenvalue weighted by Crippen LogP contribution is 2.44. The van der Waals surface area contributed by atoms with Gasteiger partial charge in [0.2, 0.25) is 0 Å². The lowest BCUT2D eigenvalue weighted by Gasteiger charge is -2.36. The molecule has 0 aliphatic heterocycles. The number of carboxylic acids is 1. The molecule has 0 aromatic carbocycles. The molecule has 0 fully saturated rings. The van der Waals surface area contributed by atoms with Gasteiger partial charge in [0.15, 0.2) is 0 Å². The first-order valence-corrected chi connectivity index (χ1v) is 8.42. The van der Waals surface area contributed by atoms with Gasteiger partial charge in [-0.3, -0.25) is 9.36 Å². The second kappa shape index (κ2) is 7.73. The molecule has 21 heavy (non-hydrogen) atoms. The Morgan fingerprint density at radius 1 is 1.29 bits per heavy atom. The summed E-state index contributed by atoms with van der Waals surface area (Å²) in [5, 5.41) is 8.63. The van der Waals surface area contributed by atoms with Crippen molar-refractivity contribution in [3.05, 3.63) is 12.2 Å². The maximum atomic E-state index is 11.9. The van der Waals surface area contributed by atoms with Crippen molar-refractivity contribution in [1.82, 2.24) is 0 Å². The van der Waals surface area contributed by atoms with Crippen LogP contribution in [-0.2, 0) is 18.9 Å². The molecule has 1 atom stereocenters. The Morgan fingerprint density at radius 3 is 2.10 bits per heavy atom. The Hall–Kier alpha value is -1.17. The second-order valence-electron chi connectivity index (χ2n) is 5.21. The first-order valence-electron chi connectivity index (χ1n) is 6.62. The zero-order valence-corrected chi connectivity index (χ0v) is 13.4. The molecule has 122 valence electrons. The Balaban J connectivity index is 5.24. The number of rotatable bonds is 9. The SMILES string of the molecule is C=C(CC(=O)O)C(=O)OC(C)(CP(=O)(O)O)C(CC)CC. The standard InChI is InChI=1S/C13H23O7P/c1-5-10(6-2)13(4,8-21(17,18)19)20-12(16)9(3)7-11(14)15/h10H,3,5-8H2,1-2,4H3,(H,14,15)(H2,17,18,19). The van der Waals surface area contributed by atoms with Gasteiger partial charge in [-0.25, -0.2) is 4.79 Å². The quantitative estimate of drug-likeness (QED) is 0.337. The van der Waals surface area contributed by atoms with Gasteiger partial charge in [-0.1, -0.05) is 20.4 Å². The molecule has 0 aliphatic carbocycles. The Morgan fingerprint density at radius 2 is 1.76 bits per heavy atom. The molecule has 0 heterocycles. The first-order chi connectivity index (χ1) is 9.45. The molecule has 0 saturated carbocycles. The third kappa shape index (κ3) is 6.89. The minimum atomic E-state index is -4.40. The van der Waals surface area contributed by atoms with E-state index in [1.54, 1.807) is 0 Å². The summed E-state index contributed by atoms with van der Waals surface area (Å²) in [5.74, 6) is -2.43. The second-order valence-corrected chi connectivity index (χ2v) is 6.86. The van der Waals surface area contributed by atoms with Crippen molar-refractivity contribution in [3.8, 4) is 0 Å². The van der Waals surface area contributed by atoms with Crippen LogP contribution in [0.5, 0.6) is 0 Å². The van der Waals surface area contributed by atoms with Gasteiger partial charge in [0, 0.05) is 5.57 Å². The third-order valence-corrected chi connectivity index (χ3v) is 4.39. The molecule has 0 bridgehead atoms. The van der Waals surface area contributed by atoms with Gasteiger partial charge in [-0.05, 0) is 25.7 Å². The van der Waals surface area contributed by atoms with Crippen molar-refractivity contribution >= 4 is 19.5 Å². The number of hydrogen-bond donors (Lipinski definition) is 3. The lowest BCUT2D eigenvalue weighted by molar-refractivity contribution is -0.158. The smallest absolute Gasteiger partial charge is 0.334 e. The Bertz CT molecular complexity index is 449. The van der Waals surface area contributed by atoms with Crippen molar-refractivity contribution in [2.45, 2.75) is 45.6 Å². The van der Waals surface area contributed by atoms with Crippen LogP contribution in [0.3, 0.4) is 0 Å². The number of carboxylic acid groups (broad SMARTS) is 1. The van der Waals surface area contributed by atoms with Gasteiger partial charge in [0.25, 0.3) is 0 Å². The summed E-state index contributed by atoms with van der Waals surface area (Å²) in [5.41, 5.74) is -1.63. The van der Waals surface area contributed by atoms with Crippen molar-refractivity contribution in [1.29, 1.82) is 0 Å². The van der Waals surface area contributed by atoms with Gasteiger partial charge in [-0.15, -0.1) is 0 Å². The first kappa shape index (κ1) is 19.8. The number of carbonyl (C=O) groups is 2. The van der Waals surface area contributed by atoms with Gasteiger partial charge in [0.1, 0.15) is 5.60 Å². The van der Waals surface area contributed by atoms with Crippen molar-refractivity contribution < 1.29 is 33.8 Å². The van der Waals surface area contributed by atoms with E-state index in [0.717, 1.165) is 0 Å². The van der Waals surface area contributed by atoms with E-state index in [-0.39, 0.29) is 11.5 Å². The van der Waals surface area contributed by atoms with Crippen LogP contribution in [0.1, 0.15) is 40.0 Å². The molecule has 7 nitrogen and oxygen atoms in total. The zero-order chi connectivity index (χ0) is 16.8. The highest BCUT2D eigenvalue weighted by Gasteiger charge is 2.42. The lowest BCUT2D eigenvalue weighted by atomic mass is 9.86. The molecule has 0 saturated heterocycles. The van der Waals surface area contributed by atoms with Crippen LogP contribution in [0.4, 0.5) is 0 Å². The van der Waals surface area contributed by atoms with Gasteiger partial charge in [0.05, 0.1) is 12.6 Å². The normalized spacial score (nSPS) is 14.6. The Kier molecular flexibility index (Phi) is 7.30. The third-order valence-electron chi connectivity index (χ3n) is 3.35. The largest absolute Gasteiger partial charge is 0.481 e. The monoisotopic (exact) mass is 322 g/mol. The number of hydrogen-bond acceptors (Lipinski definition) is 4. The molecule has 0 aromatic heterocycles. The van der Waals surface area contributed by atoms with Crippen LogP contribution in [0.25, 0.3) is 0 Å². The van der Waals surface area contributed by atoms with Crippen molar-refractivity contribution in [2.75, 3.05) is 6.16 Å². The number of esters is 1. The van der Waals surface area contributed by atoms with E-state index in [4.69, 9.17) is 9.84 Å².